The lowest BCUT2D eigenvalue weighted by molar-refractivity contribution is -0.122. The Morgan fingerprint density at radius 1 is 0.354 bits per heavy atom. The molecule has 1 amide bonds. The van der Waals surface area contributed by atoms with Gasteiger partial charge in [0.2, 0.25) is 5.91 Å². The normalized spacial score (nSPS) is 12.4. The number of hydrogen-bond acceptors (Lipinski definition) is 1. The Kier molecular flexibility index (Phi) is 41.7. The number of amides is 1. The van der Waals surface area contributed by atoms with Gasteiger partial charge in [0.25, 0.3) is 0 Å². The third-order valence-corrected chi connectivity index (χ3v) is 10.9. The molecular weight excluding hydrogens is 583 g/mol. The molecule has 0 aromatic rings. The molecule has 2 heteroatoms. The molecule has 0 spiro atoms. The summed E-state index contributed by atoms with van der Waals surface area (Å²) < 4.78 is 0. The van der Waals surface area contributed by atoms with Gasteiger partial charge in [-0.05, 0) is 38.5 Å². The van der Waals surface area contributed by atoms with E-state index in [-0.39, 0.29) is 11.8 Å². The SMILES string of the molecule is CCCCCCCCCC/C=C\CCCCCCC(CCCCCCCCCCCCCCCCCCCCCCCCCC)C(N)=O. The van der Waals surface area contributed by atoms with Crippen molar-refractivity contribution in [1.82, 2.24) is 0 Å². The van der Waals surface area contributed by atoms with Crippen LogP contribution in [0.3, 0.4) is 0 Å². The molecule has 0 aliphatic heterocycles. The molecule has 1 unspecified atom stereocenters. The molecule has 0 aliphatic carbocycles. The van der Waals surface area contributed by atoms with Crippen LogP contribution in [-0.4, -0.2) is 5.91 Å². The third-order valence-electron chi connectivity index (χ3n) is 10.9. The van der Waals surface area contributed by atoms with Crippen molar-refractivity contribution in [2.45, 2.75) is 271 Å². The van der Waals surface area contributed by atoms with Crippen LogP contribution in [0.15, 0.2) is 12.2 Å². The second-order valence-electron chi connectivity index (χ2n) is 15.7. The summed E-state index contributed by atoms with van der Waals surface area (Å²) >= 11 is 0. The van der Waals surface area contributed by atoms with Gasteiger partial charge in [0.1, 0.15) is 0 Å². The van der Waals surface area contributed by atoms with Crippen LogP contribution >= 0.6 is 0 Å². The monoisotopic (exact) mass is 674 g/mol. The van der Waals surface area contributed by atoms with Crippen LogP contribution in [0.25, 0.3) is 0 Å². The molecular formula is C46H91NO. The van der Waals surface area contributed by atoms with Crippen LogP contribution in [0.4, 0.5) is 0 Å². The Morgan fingerprint density at radius 3 is 0.792 bits per heavy atom. The second-order valence-corrected chi connectivity index (χ2v) is 15.7. The van der Waals surface area contributed by atoms with E-state index in [1.54, 1.807) is 0 Å². The summed E-state index contributed by atoms with van der Waals surface area (Å²) in [7, 11) is 0. The minimum atomic E-state index is -0.0621. The van der Waals surface area contributed by atoms with E-state index in [1.807, 2.05) is 0 Å². The summed E-state index contributed by atoms with van der Waals surface area (Å²) in [6, 6.07) is 0. The van der Waals surface area contributed by atoms with E-state index in [2.05, 4.69) is 26.0 Å². The van der Waals surface area contributed by atoms with E-state index in [4.69, 9.17) is 5.73 Å². The zero-order valence-electron chi connectivity index (χ0n) is 33.5. The first kappa shape index (κ1) is 47.2. The number of rotatable bonds is 42. The van der Waals surface area contributed by atoms with Gasteiger partial charge in [-0.1, -0.05) is 244 Å². The van der Waals surface area contributed by atoms with Gasteiger partial charge in [-0.15, -0.1) is 0 Å². The maximum Gasteiger partial charge on any atom is 0.220 e. The molecule has 0 fully saturated rings. The molecule has 286 valence electrons. The highest BCUT2D eigenvalue weighted by Gasteiger charge is 2.14. The minimum absolute atomic E-state index is 0.0621. The van der Waals surface area contributed by atoms with E-state index in [1.165, 1.54) is 238 Å². The van der Waals surface area contributed by atoms with Gasteiger partial charge in [0.15, 0.2) is 0 Å². The fraction of sp³-hybridized carbons (Fsp3) is 0.935. The predicted octanol–water partition coefficient (Wildman–Crippen LogP) is 16.3. The van der Waals surface area contributed by atoms with Crippen LogP contribution < -0.4 is 5.73 Å². The minimum Gasteiger partial charge on any atom is -0.369 e. The molecule has 0 heterocycles. The molecule has 1 atom stereocenters. The maximum atomic E-state index is 12.0. The first-order valence-electron chi connectivity index (χ1n) is 22.7. The predicted molar refractivity (Wildman–Crippen MR) is 218 cm³/mol. The van der Waals surface area contributed by atoms with E-state index >= 15 is 0 Å². The second kappa shape index (κ2) is 42.4. The molecule has 48 heavy (non-hydrogen) atoms. The van der Waals surface area contributed by atoms with Crippen molar-refractivity contribution in [2.75, 3.05) is 0 Å². The summed E-state index contributed by atoms with van der Waals surface area (Å²) in [5, 5.41) is 0. The molecule has 0 aromatic carbocycles. The van der Waals surface area contributed by atoms with Crippen LogP contribution in [0.2, 0.25) is 0 Å². The van der Waals surface area contributed by atoms with Crippen molar-refractivity contribution < 1.29 is 4.79 Å². The van der Waals surface area contributed by atoms with E-state index in [0.717, 1.165) is 19.3 Å². The number of allylic oxidation sites excluding steroid dienone is 2. The smallest absolute Gasteiger partial charge is 0.220 e. The van der Waals surface area contributed by atoms with Crippen LogP contribution in [0, 0.1) is 5.92 Å². The lowest BCUT2D eigenvalue weighted by atomic mass is 9.93. The molecule has 2 nitrogen and oxygen atoms in total. The summed E-state index contributed by atoms with van der Waals surface area (Å²) in [6.45, 7) is 4.59. The van der Waals surface area contributed by atoms with Crippen molar-refractivity contribution in [2.24, 2.45) is 11.7 Å². The number of primary amides is 1. The van der Waals surface area contributed by atoms with Gasteiger partial charge < -0.3 is 5.73 Å². The Labute approximate surface area is 304 Å². The van der Waals surface area contributed by atoms with Gasteiger partial charge >= 0.3 is 0 Å². The van der Waals surface area contributed by atoms with Gasteiger partial charge in [-0.2, -0.15) is 0 Å². The summed E-state index contributed by atoms with van der Waals surface area (Å²) in [5.41, 5.74) is 5.75. The highest BCUT2D eigenvalue weighted by molar-refractivity contribution is 5.76. The van der Waals surface area contributed by atoms with Gasteiger partial charge in [-0.3, -0.25) is 4.79 Å². The van der Waals surface area contributed by atoms with Crippen molar-refractivity contribution >= 4 is 5.91 Å². The summed E-state index contributed by atoms with van der Waals surface area (Å²) in [6.07, 6.45) is 59.6. The van der Waals surface area contributed by atoms with Crippen LogP contribution in [0.5, 0.6) is 0 Å². The molecule has 0 saturated carbocycles. The van der Waals surface area contributed by atoms with Crippen LogP contribution in [0.1, 0.15) is 271 Å². The summed E-state index contributed by atoms with van der Waals surface area (Å²) in [4.78, 5) is 12.0. The molecule has 0 saturated heterocycles. The Bertz CT molecular complexity index is 628. The lowest BCUT2D eigenvalue weighted by Gasteiger charge is -2.13. The first-order chi connectivity index (χ1) is 23.7. The zero-order valence-corrected chi connectivity index (χ0v) is 33.5. The number of carbonyl (C=O) groups excluding carboxylic acids is 1. The molecule has 0 aliphatic rings. The number of unbranched alkanes of at least 4 members (excludes halogenated alkanes) is 35. The number of carbonyl (C=O) groups is 1. The Balaban J connectivity index is 3.36. The maximum absolute atomic E-state index is 12.0. The molecule has 0 radical (unpaired) electrons. The van der Waals surface area contributed by atoms with Gasteiger partial charge in [0, 0.05) is 5.92 Å². The third kappa shape index (κ3) is 39.6. The molecule has 0 bridgehead atoms. The Morgan fingerprint density at radius 2 is 0.562 bits per heavy atom. The largest absolute Gasteiger partial charge is 0.369 e. The summed E-state index contributed by atoms with van der Waals surface area (Å²) in [5.74, 6) is 0.0456. The average molecular weight is 674 g/mol. The van der Waals surface area contributed by atoms with Crippen molar-refractivity contribution in [3.05, 3.63) is 12.2 Å². The Hall–Kier alpha value is -0.790. The zero-order chi connectivity index (χ0) is 34.9. The fourth-order valence-electron chi connectivity index (χ4n) is 7.42. The highest BCUT2D eigenvalue weighted by atomic mass is 16.1. The van der Waals surface area contributed by atoms with Crippen molar-refractivity contribution in [3.8, 4) is 0 Å². The van der Waals surface area contributed by atoms with E-state index in [9.17, 15) is 4.79 Å². The first-order valence-corrected chi connectivity index (χ1v) is 22.7. The van der Waals surface area contributed by atoms with Crippen molar-refractivity contribution in [1.29, 1.82) is 0 Å². The van der Waals surface area contributed by atoms with Crippen LogP contribution in [-0.2, 0) is 4.79 Å². The lowest BCUT2D eigenvalue weighted by Crippen LogP contribution is -2.23. The molecule has 0 rings (SSSR count). The van der Waals surface area contributed by atoms with Gasteiger partial charge in [-0.25, -0.2) is 0 Å². The standard InChI is InChI=1S/C46H91NO/c1-3-5-7-9-11-13-15-17-19-21-22-23-24-25-26-27-28-30-32-34-36-38-40-42-44-45(46(47)48)43-41-39-37-35-33-31-29-20-18-16-14-12-10-8-6-4-2/h29,31,45H,3-28,30,32-44H2,1-2H3,(H2,47,48)/b31-29-. The van der Waals surface area contributed by atoms with Gasteiger partial charge in [0.05, 0.1) is 0 Å². The topological polar surface area (TPSA) is 43.1 Å². The molecule has 2 N–H and O–H groups in total. The quantitative estimate of drug-likeness (QED) is 0.0508. The molecule has 0 aromatic heterocycles. The van der Waals surface area contributed by atoms with E-state index < -0.39 is 0 Å². The van der Waals surface area contributed by atoms with Crippen molar-refractivity contribution in [3.63, 3.8) is 0 Å². The fourth-order valence-corrected chi connectivity index (χ4v) is 7.42. The average Bonchev–Trinajstić information content (AvgIpc) is 3.08. The number of nitrogens with two attached hydrogens (primary N) is 1. The number of hydrogen-bond donors (Lipinski definition) is 1. The van der Waals surface area contributed by atoms with E-state index in [0.29, 0.717) is 0 Å². The highest BCUT2D eigenvalue weighted by Crippen LogP contribution is 2.20.